The third kappa shape index (κ3) is 3.22. The zero-order valence-electron chi connectivity index (χ0n) is 12.6. The Kier molecular flexibility index (Phi) is 5.14. The highest BCUT2D eigenvalue weighted by atomic mass is 32.2. The van der Waals surface area contributed by atoms with Gasteiger partial charge in [0, 0.05) is 6.04 Å². The van der Waals surface area contributed by atoms with Crippen LogP contribution in [0.1, 0.15) is 18.5 Å². The van der Waals surface area contributed by atoms with Gasteiger partial charge in [0.2, 0.25) is 21.7 Å². The molecule has 0 heterocycles. The molecular formula is C15H13F4NO3S. The summed E-state index contributed by atoms with van der Waals surface area (Å²) in [5.74, 6) is -9.30. The van der Waals surface area contributed by atoms with Crippen molar-refractivity contribution in [2.45, 2.75) is 17.9 Å². The second-order valence-electron chi connectivity index (χ2n) is 4.87. The molecule has 0 radical (unpaired) electrons. The van der Waals surface area contributed by atoms with Crippen LogP contribution in [0, 0.1) is 23.3 Å². The Morgan fingerprint density at radius 3 is 1.92 bits per heavy atom. The summed E-state index contributed by atoms with van der Waals surface area (Å²) in [6, 6.07) is 7.23. The van der Waals surface area contributed by atoms with Gasteiger partial charge in [-0.05, 0) is 12.5 Å². The van der Waals surface area contributed by atoms with Gasteiger partial charge in [-0.1, -0.05) is 30.3 Å². The van der Waals surface area contributed by atoms with Crippen LogP contribution in [0.25, 0.3) is 0 Å². The molecule has 0 saturated carbocycles. The first-order chi connectivity index (χ1) is 11.2. The van der Waals surface area contributed by atoms with Gasteiger partial charge in [0.15, 0.2) is 22.3 Å². The molecule has 4 nitrogen and oxygen atoms in total. The largest absolute Gasteiger partial charge is 0.491 e. The van der Waals surface area contributed by atoms with Gasteiger partial charge < -0.3 is 4.74 Å². The van der Waals surface area contributed by atoms with E-state index in [4.69, 9.17) is 0 Å². The minimum atomic E-state index is -4.87. The van der Waals surface area contributed by atoms with Crippen molar-refractivity contribution in [2.75, 3.05) is 7.11 Å². The Morgan fingerprint density at radius 1 is 0.958 bits per heavy atom. The highest BCUT2D eigenvalue weighted by Crippen LogP contribution is 2.32. The van der Waals surface area contributed by atoms with E-state index in [0.29, 0.717) is 5.56 Å². The fourth-order valence-corrected chi connectivity index (χ4v) is 3.48. The molecule has 0 aliphatic carbocycles. The van der Waals surface area contributed by atoms with Gasteiger partial charge in [-0.2, -0.15) is 8.78 Å². The van der Waals surface area contributed by atoms with Crippen LogP contribution in [0.15, 0.2) is 35.2 Å². The summed E-state index contributed by atoms with van der Waals surface area (Å²) in [5.41, 5.74) is 0.497. The lowest BCUT2D eigenvalue weighted by molar-refractivity contribution is 0.322. The van der Waals surface area contributed by atoms with Crippen molar-refractivity contribution in [1.29, 1.82) is 0 Å². The van der Waals surface area contributed by atoms with Crippen LogP contribution in [0.2, 0.25) is 0 Å². The number of sulfonamides is 1. The van der Waals surface area contributed by atoms with Crippen molar-refractivity contribution in [2.24, 2.45) is 0 Å². The van der Waals surface area contributed by atoms with Crippen LogP contribution in [0.5, 0.6) is 5.75 Å². The fraction of sp³-hybridized carbons (Fsp3) is 0.200. The first-order valence-electron chi connectivity index (χ1n) is 6.68. The summed E-state index contributed by atoms with van der Waals surface area (Å²) in [5, 5.41) is 0. The van der Waals surface area contributed by atoms with Crippen LogP contribution in [0.4, 0.5) is 17.6 Å². The van der Waals surface area contributed by atoms with E-state index in [9.17, 15) is 26.0 Å². The zero-order valence-corrected chi connectivity index (χ0v) is 13.4. The van der Waals surface area contributed by atoms with E-state index in [2.05, 4.69) is 4.74 Å². The molecule has 0 aliphatic rings. The van der Waals surface area contributed by atoms with Crippen molar-refractivity contribution in [3.63, 3.8) is 0 Å². The first kappa shape index (κ1) is 18.2. The molecule has 130 valence electrons. The summed E-state index contributed by atoms with van der Waals surface area (Å²) in [6.07, 6.45) is 0. The van der Waals surface area contributed by atoms with Crippen molar-refractivity contribution in [3.8, 4) is 5.75 Å². The van der Waals surface area contributed by atoms with E-state index < -0.39 is 50.0 Å². The Morgan fingerprint density at radius 2 is 1.46 bits per heavy atom. The van der Waals surface area contributed by atoms with Crippen molar-refractivity contribution >= 4 is 10.0 Å². The first-order valence-corrected chi connectivity index (χ1v) is 8.16. The third-order valence-corrected chi connectivity index (χ3v) is 4.85. The number of halogens is 4. The molecule has 9 heteroatoms. The summed E-state index contributed by atoms with van der Waals surface area (Å²) >= 11 is 0. The maximum Gasteiger partial charge on any atom is 0.247 e. The zero-order chi connectivity index (χ0) is 18.1. The standard InChI is InChI=1S/C15H13F4NO3S/c1-8(9-6-4-3-5-7-9)20-24(21,22)15-12(18)10(16)14(23-2)11(17)13(15)19/h3-8,20H,1-2H3. The number of nitrogens with one attached hydrogen (secondary N) is 1. The fourth-order valence-electron chi connectivity index (χ4n) is 2.11. The summed E-state index contributed by atoms with van der Waals surface area (Å²) < 4.78 is 85.9. The molecule has 0 aromatic heterocycles. The van der Waals surface area contributed by atoms with Gasteiger partial charge in [-0.25, -0.2) is 21.9 Å². The van der Waals surface area contributed by atoms with E-state index in [1.165, 1.54) is 6.92 Å². The second kappa shape index (κ2) is 6.78. The lowest BCUT2D eigenvalue weighted by Gasteiger charge is -2.16. The minimum absolute atomic E-state index is 0.497. The summed E-state index contributed by atoms with van der Waals surface area (Å²) in [6.45, 7) is 1.42. The van der Waals surface area contributed by atoms with Crippen molar-refractivity contribution in [1.82, 2.24) is 4.72 Å². The second-order valence-corrected chi connectivity index (χ2v) is 6.52. The Bertz CT molecular complexity index is 828. The molecule has 0 amide bonds. The maximum absolute atomic E-state index is 14.0. The van der Waals surface area contributed by atoms with Crippen LogP contribution in [-0.4, -0.2) is 15.5 Å². The highest BCUT2D eigenvalue weighted by Gasteiger charge is 2.34. The van der Waals surface area contributed by atoms with Gasteiger partial charge in [0.05, 0.1) is 7.11 Å². The molecule has 1 N–H and O–H groups in total. The summed E-state index contributed by atoms with van der Waals surface area (Å²) in [4.78, 5) is -1.74. The minimum Gasteiger partial charge on any atom is -0.491 e. The molecule has 24 heavy (non-hydrogen) atoms. The number of hydrogen-bond acceptors (Lipinski definition) is 3. The van der Waals surface area contributed by atoms with E-state index in [1.54, 1.807) is 30.3 Å². The van der Waals surface area contributed by atoms with E-state index in [0.717, 1.165) is 7.11 Å². The third-order valence-electron chi connectivity index (χ3n) is 3.29. The predicted octanol–water partition coefficient (Wildman–Crippen LogP) is 3.29. The monoisotopic (exact) mass is 363 g/mol. The molecule has 0 fully saturated rings. The number of ether oxygens (including phenoxy) is 1. The SMILES string of the molecule is COc1c(F)c(F)c(S(=O)(=O)NC(C)c2ccccc2)c(F)c1F. The molecule has 2 aromatic rings. The van der Waals surface area contributed by atoms with Crippen LogP contribution >= 0.6 is 0 Å². The maximum atomic E-state index is 14.0. The highest BCUT2D eigenvalue weighted by molar-refractivity contribution is 7.89. The van der Waals surface area contributed by atoms with Gasteiger partial charge in [-0.3, -0.25) is 0 Å². The Balaban J connectivity index is 2.51. The van der Waals surface area contributed by atoms with Gasteiger partial charge in [0.1, 0.15) is 0 Å². The number of hydrogen-bond donors (Lipinski definition) is 1. The molecule has 0 saturated heterocycles. The molecule has 1 atom stereocenters. The van der Waals surface area contributed by atoms with E-state index >= 15 is 0 Å². The van der Waals surface area contributed by atoms with E-state index in [1.807, 2.05) is 4.72 Å². The average molecular weight is 363 g/mol. The van der Waals surface area contributed by atoms with Crippen molar-refractivity contribution in [3.05, 3.63) is 59.2 Å². The topological polar surface area (TPSA) is 55.4 Å². The molecule has 1 unspecified atom stereocenters. The molecular weight excluding hydrogens is 350 g/mol. The molecule has 0 aliphatic heterocycles. The molecule has 0 spiro atoms. The van der Waals surface area contributed by atoms with E-state index in [-0.39, 0.29) is 0 Å². The van der Waals surface area contributed by atoms with Crippen LogP contribution in [-0.2, 0) is 10.0 Å². The van der Waals surface area contributed by atoms with Gasteiger partial charge in [-0.15, -0.1) is 0 Å². The molecule has 2 rings (SSSR count). The number of rotatable bonds is 5. The number of methoxy groups -OCH3 is 1. The van der Waals surface area contributed by atoms with Crippen molar-refractivity contribution < 1.29 is 30.7 Å². The van der Waals surface area contributed by atoms with Crippen LogP contribution < -0.4 is 9.46 Å². The Hall–Kier alpha value is -2.13. The van der Waals surface area contributed by atoms with Crippen LogP contribution in [0.3, 0.4) is 0 Å². The molecule has 0 bridgehead atoms. The lowest BCUT2D eigenvalue weighted by Crippen LogP contribution is -2.29. The lowest BCUT2D eigenvalue weighted by atomic mass is 10.1. The molecule has 2 aromatic carbocycles. The van der Waals surface area contributed by atoms with Gasteiger partial charge in [0.25, 0.3) is 0 Å². The normalized spacial score (nSPS) is 12.9. The summed E-state index contributed by atoms with van der Waals surface area (Å²) in [7, 11) is -4.08. The predicted molar refractivity (Wildman–Crippen MR) is 78.0 cm³/mol. The average Bonchev–Trinajstić information content (AvgIpc) is 2.54. The quantitative estimate of drug-likeness (QED) is 0.655. The number of benzene rings is 2. The Labute approximate surface area is 136 Å². The van der Waals surface area contributed by atoms with Gasteiger partial charge >= 0.3 is 0 Å². The smallest absolute Gasteiger partial charge is 0.247 e.